The van der Waals surface area contributed by atoms with Crippen molar-refractivity contribution in [2.75, 3.05) is 0 Å². The number of amides is 1. The number of hydrogen-bond donors (Lipinski definition) is 1. The van der Waals surface area contributed by atoms with E-state index in [-0.39, 0.29) is 5.91 Å². The molecule has 4 nitrogen and oxygen atoms in total. The van der Waals surface area contributed by atoms with Crippen LogP contribution in [0, 0.1) is 6.92 Å². The van der Waals surface area contributed by atoms with Gasteiger partial charge in [-0.25, -0.2) is 5.43 Å². The summed E-state index contributed by atoms with van der Waals surface area (Å²) in [6.07, 6.45) is -0.665. The van der Waals surface area contributed by atoms with E-state index in [2.05, 4.69) is 26.5 Å². The maximum Gasteiger partial charge on any atom is 0.280 e. The first-order valence-corrected chi connectivity index (χ1v) is 8.88. The van der Waals surface area contributed by atoms with Crippen LogP contribution in [0.25, 0.3) is 0 Å². The minimum atomic E-state index is -0.665. The van der Waals surface area contributed by atoms with E-state index < -0.39 is 6.10 Å². The Morgan fingerprint density at radius 2 is 2.13 bits per heavy atom. The van der Waals surface area contributed by atoms with Gasteiger partial charge in [0, 0.05) is 5.02 Å². The van der Waals surface area contributed by atoms with Crippen molar-refractivity contribution in [1.82, 2.24) is 5.43 Å². The summed E-state index contributed by atoms with van der Waals surface area (Å²) in [5.41, 5.74) is 4.15. The average Bonchev–Trinajstić information content (AvgIpc) is 2.93. The summed E-state index contributed by atoms with van der Waals surface area (Å²) in [5.74, 6) is 0.314. The Bertz CT molecular complexity index is 745. The molecule has 0 spiro atoms. The lowest BCUT2D eigenvalue weighted by Crippen LogP contribution is -2.34. The summed E-state index contributed by atoms with van der Waals surface area (Å²) in [6.45, 7) is 5.40. The van der Waals surface area contributed by atoms with Crippen LogP contribution in [0.5, 0.6) is 5.75 Å². The van der Waals surface area contributed by atoms with E-state index in [1.165, 1.54) is 0 Å². The Balaban J connectivity index is 1.97. The summed E-state index contributed by atoms with van der Waals surface area (Å²) >= 11 is 10.9. The van der Waals surface area contributed by atoms with E-state index >= 15 is 0 Å². The van der Waals surface area contributed by atoms with Gasteiger partial charge in [-0.1, -0.05) is 11.6 Å². The van der Waals surface area contributed by atoms with Gasteiger partial charge in [0.25, 0.3) is 5.91 Å². The number of nitrogens with one attached hydrogen (secondary N) is 1. The molecule has 0 saturated carbocycles. The van der Waals surface area contributed by atoms with Crippen molar-refractivity contribution in [1.29, 1.82) is 0 Å². The van der Waals surface area contributed by atoms with Crippen LogP contribution in [0.4, 0.5) is 0 Å². The molecule has 1 aromatic carbocycles. The SMILES string of the molecule is C/C(=N\NC(=O)C(C)Oc1ccc(Cl)cc1C)c1ccc(Br)s1. The van der Waals surface area contributed by atoms with Gasteiger partial charge in [-0.3, -0.25) is 4.79 Å². The Labute approximate surface area is 152 Å². The number of ether oxygens (including phenoxy) is 1. The fourth-order valence-corrected chi connectivity index (χ4v) is 3.34. The van der Waals surface area contributed by atoms with Crippen LogP contribution in [0.2, 0.25) is 5.02 Å². The van der Waals surface area contributed by atoms with Gasteiger partial charge >= 0.3 is 0 Å². The molecule has 7 heteroatoms. The number of carbonyl (C=O) groups is 1. The van der Waals surface area contributed by atoms with Gasteiger partial charge < -0.3 is 4.74 Å². The lowest BCUT2D eigenvalue weighted by Gasteiger charge is -2.15. The van der Waals surface area contributed by atoms with E-state index in [0.717, 1.165) is 19.9 Å². The van der Waals surface area contributed by atoms with Crippen molar-refractivity contribution in [3.8, 4) is 5.75 Å². The summed E-state index contributed by atoms with van der Waals surface area (Å²) in [6, 6.07) is 9.15. The molecule has 1 heterocycles. The zero-order valence-corrected chi connectivity index (χ0v) is 16.1. The summed E-state index contributed by atoms with van der Waals surface area (Å²) in [4.78, 5) is 13.1. The predicted molar refractivity (Wildman–Crippen MR) is 98.7 cm³/mol. The van der Waals surface area contributed by atoms with Gasteiger partial charge in [0.1, 0.15) is 5.75 Å². The van der Waals surface area contributed by atoms with E-state index in [1.54, 1.807) is 36.5 Å². The number of halogens is 2. The zero-order chi connectivity index (χ0) is 17.0. The maximum absolute atomic E-state index is 12.1. The Kier molecular flexibility index (Phi) is 6.21. The van der Waals surface area contributed by atoms with Crippen LogP contribution in [0.3, 0.4) is 0 Å². The Morgan fingerprint density at radius 3 is 2.74 bits per heavy atom. The Hall–Kier alpha value is -1.37. The Morgan fingerprint density at radius 1 is 1.39 bits per heavy atom. The van der Waals surface area contributed by atoms with Crippen molar-refractivity contribution in [3.63, 3.8) is 0 Å². The third kappa shape index (κ3) is 5.06. The van der Waals surface area contributed by atoms with Crippen molar-refractivity contribution in [3.05, 3.63) is 49.6 Å². The second kappa shape index (κ2) is 7.95. The third-order valence-corrected chi connectivity index (χ3v) is 5.04. The molecule has 1 amide bonds. The number of rotatable bonds is 5. The van der Waals surface area contributed by atoms with Gasteiger partial charge in [0.2, 0.25) is 0 Å². The number of thiophene rings is 1. The van der Waals surface area contributed by atoms with Gasteiger partial charge in [0.05, 0.1) is 14.4 Å². The monoisotopic (exact) mass is 414 g/mol. The van der Waals surface area contributed by atoms with Crippen molar-refractivity contribution < 1.29 is 9.53 Å². The summed E-state index contributed by atoms with van der Waals surface area (Å²) in [5, 5.41) is 4.75. The quantitative estimate of drug-likeness (QED) is 0.564. The molecule has 1 unspecified atom stereocenters. The first kappa shape index (κ1) is 18.0. The zero-order valence-electron chi connectivity index (χ0n) is 12.9. The largest absolute Gasteiger partial charge is 0.481 e. The first-order chi connectivity index (χ1) is 10.9. The standard InChI is InChI=1S/C16H16BrClN2O2S/c1-9-8-12(18)4-5-13(9)22-11(3)16(21)20-19-10(2)14-6-7-15(17)23-14/h4-8,11H,1-3H3,(H,20,21)/b19-10+. The minimum Gasteiger partial charge on any atom is -0.481 e. The van der Waals surface area contributed by atoms with Gasteiger partial charge in [0.15, 0.2) is 6.10 Å². The first-order valence-electron chi connectivity index (χ1n) is 6.89. The molecule has 23 heavy (non-hydrogen) atoms. The van der Waals surface area contributed by atoms with Crippen molar-refractivity contribution in [2.45, 2.75) is 26.9 Å². The van der Waals surface area contributed by atoms with E-state index in [1.807, 2.05) is 26.0 Å². The fourth-order valence-electron chi connectivity index (χ4n) is 1.78. The predicted octanol–water partition coefficient (Wildman–Crippen LogP) is 4.78. The van der Waals surface area contributed by atoms with Gasteiger partial charge in [-0.05, 0) is 72.6 Å². The number of benzene rings is 1. The highest BCUT2D eigenvalue weighted by Crippen LogP contribution is 2.23. The topological polar surface area (TPSA) is 50.7 Å². The second-order valence-corrected chi connectivity index (χ2v) is 7.85. The number of hydrogen-bond acceptors (Lipinski definition) is 4. The van der Waals surface area contributed by atoms with Gasteiger partial charge in [-0.15, -0.1) is 11.3 Å². The van der Waals surface area contributed by atoms with E-state index in [9.17, 15) is 4.79 Å². The molecule has 2 aromatic rings. The molecule has 0 saturated heterocycles. The van der Waals surface area contributed by atoms with Crippen LogP contribution >= 0.6 is 38.9 Å². The molecule has 1 atom stereocenters. The lowest BCUT2D eigenvalue weighted by atomic mass is 10.2. The molecule has 0 radical (unpaired) electrons. The number of nitrogens with zero attached hydrogens (tertiary/aromatic N) is 1. The molecule has 122 valence electrons. The fraction of sp³-hybridized carbons (Fsp3) is 0.250. The molecule has 0 bridgehead atoms. The summed E-state index contributed by atoms with van der Waals surface area (Å²) in [7, 11) is 0. The molecule has 0 aliphatic heterocycles. The third-order valence-electron chi connectivity index (χ3n) is 3.07. The molecule has 0 fully saturated rings. The molecule has 2 rings (SSSR count). The van der Waals surface area contributed by atoms with Gasteiger partial charge in [-0.2, -0.15) is 5.10 Å². The van der Waals surface area contributed by atoms with Crippen LogP contribution < -0.4 is 10.2 Å². The smallest absolute Gasteiger partial charge is 0.280 e. The van der Waals surface area contributed by atoms with Crippen molar-refractivity contribution >= 4 is 50.5 Å². The number of carbonyl (C=O) groups excluding carboxylic acids is 1. The second-order valence-electron chi connectivity index (χ2n) is 4.95. The van der Waals surface area contributed by atoms with Crippen LogP contribution in [-0.4, -0.2) is 17.7 Å². The number of hydrazone groups is 1. The highest BCUT2D eigenvalue weighted by molar-refractivity contribution is 9.11. The van der Waals surface area contributed by atoms with Crippen LogP contribution in [0.15, 0.2) is 39.2 Å². The molecule has 1 N–H and O–H groups in total. The highest BCUT2D eigenvalue weighted by Gasteiger charge is 2.15. The molecular weight excluding hydrogens is 400 g/mol. The van der Waals surface area contributed by atoms with E-state index in [4.69, 9.17) is 16.3 Å². The normalized spacial score (nSPS) is 12.8. The molecule has 0 aliphatic carbocycles. The molecule has 1 aromatic heterocycles. The minimum absolute atomic E-state index is 0.311. The average molecular weight is 416 g/mol. The molecular formula is C16H16BrClN2O2S. The van der Waals surface area contributed by atoms with Crippen LogP contribution in [0.1, 0.15) is 24.3 Å². The highest BCUT2D eigenvalue weighted by atomic mass is 79.9. The van der Waals surface area contributed by atoms with Crippen LogP contribution in [-0.2, 0) is 4.79 Å². The maximum atomic E-state index is 12.1. The van der Waals surface area contributed by atoms with E-state index in [0.29, 0.717) is 10.8 Å². The lowest BCUT2D eigenvalue weighted by molar-refractivity contribution is -0.127. The summed E-state index contributed by atoms with van der Waals surface area (Å²) < 4.78 is 6.68. The number of aryl methyl sites for hydroxylation is 1. The molecule has 0 aliphatic rings. The van der Waals surface area contributed by atoms with Crippen molar-refractivity contribution in [2.24, 2.45) is 5.10 Å².